The number of methoxy groups -OCH3 is 1. The van der Waals surface area contributed by atoms with Crippen molar-refractivity contribution in [2.45, 2.75) is 6.61 Å². The summed E-state index contributed by atoms with van der Waals surface area (Å²) in [6.07, 6.45) is 3.52. The van der Waals surface area contributed by atoms with Crippen molar-refractivity contribution in [1.82, 2.24) is 19.5 Å². The van der Waals surface area contributed by atoms with Crippen molar-refractivity contribution in [3.63, 3.8) is 0 Å². The van der Waals surface area contributed by atoms with E-state index in [1.165, 1.54) is 0 Å². The molecule has 0 amide bonds. The zero-order valence-corrected chi connectivity index (χ0v) is 9.77. The first kappa shape index (κ1) is 11.0. The van der Waals surface area contributed by atoms with Gasteiger partial charge in [-0.1, -0.05) is 11.6 Å². The van der Waals surface area contributed by atoms with Gasteiger partial charge in [0.15, 0.2) is 11.6 Å². The van der Waals surface area contributed by atoms with Gasteiger partial charge in [0.25, 0.3) is 0 Å². The molecular weight excluding hydrogens is 228 g/mol. The number of hydrogen-bond acceptors (Lipinski definition) is 4. The summed E-state index contributed by atoms with van der Waals surface area (Å²) < 4.78 is 6.84. The molecule has 2 aromatic rings. The smallest absolute Gasteiger partial charge is 0.197 e. The van der Waals surface area contributed by atoms with Gasteiger partial charge in [0.05, 0.1) is 12.3 Å². The fourth-order valence-electron chi connectivity index (χ4n) is 1.37. The Hall–Kier alpha value is -1.46. The molecule has 0 spiro atoms. The summed E-state index contributed by atoms with van der Waals surface area (Å²) in [4.78, 5) is 12.6. The Morgan fingerprint density at radius 2 is 2.25 bits per heavy atom. The van der Waals surface area contributed by atoms with Crippen molar-refractivity contribution in [1.29, 1.82) is 0 Å². The third-order valence-corrected chi connectivity index (χ3v) is 2.25. The molecule has 0 aliphatic heterocycles. The monoisotopic (exact) mass is 238 g/mol. The van der Waals surface area contributed by atoms with Crippen LogP contribution in [0.4, 0.5) is 0 Å². The number of aryl methyl sites for hydroxylation is 1. The minimum absolute atomic E-state index is 0.389. The van der Waals surface area contributed by atoms with Gasteiger partial charge in [0.1, 0.15) is 5.15 Å². The average molecular weight is 239 g/mol. The van der Waals surface area contributed by atoms with Crippen molar-refractivity contribution in [3.05, 3.63) is 29.3 Å². The molecule has 0 fully saturated rings. The first-order valence-corrected chi connectivity index (χ1v) is 5.08. The van der Waals surface area contributed by atoms with Crippen LogP contribution in [-0.4, -0.2) is 26.6 Å². The number of aromatic nitrogens is 4. The SMILES string of the molecule is COCc1cc(Cl)nc(-c2nccn2C)n1. The summed E-state index contributed by atoms with van der Waals surface area (Å²) in [7, 11) is 3.49. The van der Waals surface area contributed by atoms with Gasteiger partial charge in [-0.05, 0) is 6.07 Å². The van der Waals surface area contributed by atoms with Crippen LogP contribution in [0.1, 0.15) is 5.69 Å². The van der Waals surface area contributed by atoms with E-state index in [0.29, 0.717) is 23.4 Å². The Morgan fingerprint density at radius 3 is 2.88 bits per heavy atom. The summed E-state index contributed by atoms with van der Waals surface area (Å²) in [6, 6.07) is 1.68. The van der Waals surface area contributed by atoms with E-state index >= 15 is 0 Å². The van der Waals surface area contributed by atoms with E-state index in [1.54, 1.807) is 19.4 Å². The van der Waals surface area contributed by atoms with Crippen LogP contribution in [0, 0.1) is 0 Å². The minimum atomic E-state index is 0.389. The van der Waals surface area contributed by atoms with Gasteiger partial charge in [0.2, 0.25) is 0 Å². The molecule has 2 rings (SSSR count). The molecule has 0 aromatic carbocycles. The molecule has 6 heteroatoms. The van der Waals surface area contributed by atoms with Gasteiger partial charge >= 0.3 is 0 Å². The first-order valence-electron chi connectivity index (χ1n) is 4.71. The third-order valence-electron chi connectivity index (χ3n) is 2.06. The molecule has 0 aliphatic rings. The second-order valence-corrected chi connectivity index (χ2v) is 3.69. The maximum absolute atomic E-state index is 5.91. The topological polar surface area (TPSA) is 52.8 Å². The maximum Gasteiger partial charge on any atom is 0.197 e. The maximum atomic E-state index is 5.91. The number of ether oxygens (including phenoxy) is 1. The molecule has 0 radical (unpaired) electrons. The van der Waals surface area contributed by atoms with Crippen molar-refractivity contribution >= 4 is 11.6 Å². The second-order valence-electron chi connectivity index (χ2n) is 3.30. The van der Waals surface area contributed by atoms with E-state index in [0.717, 1.165) is 5.69 Å². The Labute approximate surface area is 98.1 Å². The van der Waals surface area contributed by atoms with Crippen molar-refractivity contribution in [3.8, 4) is 11.6 Å². The molecule has 5 nitrogen and oxygen atoms in total. The highest BCUT2D eigenvalue weighted by molar-refractivity contribution is 6.29. The molecule has 0 saturated heterocycles. The van der Waals surface area contributed by atoms with Gasteiger partial charge in [-0.3, -0.25) is 0 Å². The fourth-order valence-corrected chi connectivity index (χ4v) is 1.57. The second kappa shape index (κ2) is 4.59. The van der Waals surface area contributed by atoms with Gasteiger partial charge in [0, 0.05) is 26.6 Å². The molecular formula is C10H11ClN4O. The molecule has 0 unspecified atom stereocenters. The summed E-state index contributed by atoms with van der Waals surface area (Å²) in [6.45, 7) is 0.402. The lowest BCUT2D eigenvalue weighted by Gasteiger charge is -2.04. The molecule has 84 valence electrons. The molecule has 0 atom stereocenters. The van der Waals surface area contributed by atoms with Crippen molar-refractivity contribution in [2.75, 3.05) is 7.11 Å². The molecule has 2 heterocycles. The fraction of sp³-hybridized carbons (Fsp3) is 0.300. The Kier molecular flexibility index (Phi) is 3.17. The highest BCUT2D eigenvalue weighted by Gasteiger charge is 2.09. The lowest BCUT2D eigenvalue weighted by atomic mass is 10.4. The summed E-state index contributed by atoms with van der Waals surface area (Å²) >= 11 is 5.91. The van der Waals surface area contributed by atoms with Crippen LogP contribution < -0.4 is 0 Å². The van der Waals surface area contributed by atoms with E-state index in [9.17, 15) is 0 Å². The predicted octanol–water partition coefficient (Wildman–Crippen LogP) is 1.68. The van der Waals surface area contributed by atoms with Crippen LogP contribution in [0.3, 0.4) is 0 Å². The molecule has 0 aliphatic carbocycles. The summed E-state index contributed by atoms with van der Waals surface area (Å²) in [5.41, 5.74) is 0.737. The first-order chi connectivity index (χ1) is 7.70. The molecule has 2 aromatic heterocycles. The van der Waals surface area contributed by atoms with Gasteiger partial charge in [-0.25, -0.2) is 15.0 Å². The zero-order valence-electron chi connectivity index (χ0n) is 9.01. The Bertz CT molecular complexity index is 497. The average Bonchev–Trinajstić information content (AvgIpc) is 2.64. The Balaban J connectivity index is 2.45. The quantitative estimate of drug-likeness (QED) is 0.764. The van der Waals surface area contributed by atoms with Crippen molar-refractivity contribution < 1.29 is 4.74 Å². The van der Waals surface area contributed by atoms with Crippen LogP contribution >= 0.6 is 11.6 Å². The number of nitrogens with zero attached hydrogens (tertiary/aromatic N) is 4. The van der Waals surface area contributed by atoms with E-state index in [4.69, 9.17) is 16.3 Å². The van der Waals surface area contributed by atoms with Crippen LogP contribution in [0.25, 0.3) is 11.6 Å². The number of halogens is 1. The van der Waals surface area contributed by atoms with E-state index in [1.807, 2.05) is 17.8 Å². The van der Waals surface area contributed by atoms with E-state index in [2.05, 4.69) is 15.0 Å². The van der Waals surface area contributed by atoms with Crippen molar-refractivity contribution in [2.24, 2.45) is 7.05 Å². The van der Waals surface area contributed by atoms with Crippen LogP contribution in [0.5, 0.6) is 0 Å². The molecule has 0 saturated carbocycles. The van der Waals surface area contributed by atoms with Gasteiger partial charge in [-0.15, -0.1) is 0 Å². The van der Waals surface area contributed by atoms with Crippen LogP contribution in [0.2, 0.25) is 5.15 Å². The highest BCUT2D eigenvalue weighted by atomic mass is 35.5. The largest absolute Gasteiger partial charge is 0.378 e. The normalized spacial score (nSPS) is 10.7. The molecule has 0 N–H and O–H groups in total. The minimum Gasteiger partial charge on any atom is -0.378 e. The van der Waals surface area contributed by atoms with Gasteiger partial charge in [-0.2, -0.15) is 0 Å². The molecule has 16 heavy (non-hydrogen) atoms. The number of imidazole rings is 1. The predicted molar refractivity (Wildman–Crippen MR) is 60.0 cm³/mol. The molecule has 0 bridgehead atoms. The Morgan fingerprint density at radius 1 is 1.44 bits per heavy atom. The van der Waals surface area contributed by atoms with Crippen LogP contribution in [0.15, 0.2) is 18.5 Å². The lowest BCUT2D eigenvalue weighted by Crippen LogP contribution is -2.01. The van der Waals surface area contributed by atoms with Crippen LogP contribution in [-0.2, 0) is 18.4 Å². The van der Waals surface area contributed by atoms with Gasteiger partial charge < -0.3 is 9.30 Å². The lowest BCUT2D eigenvalue weighted by molar-refractivity contribution is 0.181. The zero-order chi connectivity index (χ0) is 11.5. The van der Waals surface area contributed by atoms with E-state index < -0.39 is 0 Å². The summed E-state index contributed by atoms with van der Waals surface area (Å²) in [5, 5.41) is 0.389. The summed E-state index contributed by atoms with van der Waals surface area (Å²) in [5.74, 6) is 1.19. The third kappa shape index (κ3) is 2.20. The number of rotatable bonds is 3. The highest BCUT2D eigenvalue weighted by Crippen LogP contribution is 2.16. The standard InChI is InChI=1S/C10H11ClN4O/c1-15-4-3-12-10(15)9-13-7(6-16-2)5-8(11)14-9/h3-5H,6H2,1-2H3. The number of hydrogen-bond donors (Lipinski definition) is 0. The van der Waals surface area contributed by atoms with E-state index in [-0.39, 0.29) is 0 Å².